The summed E-state index contributed by atoms with van der Waals surface area (Å²) in [4.78, 5) is 0. The van der Waals surface area contributed by atoms with Crippen molar-refractivity contribution in [3.63, 3.8) is 0 Å². The van der Waals surface area contributed by atoms with Crippen LogP contribution >= 0.6 is 15.9 Å². The van der Waals surface area contributed by atoms with Crippen molar-refractivity contribution in [3.8, 4) is 5.75 Å². The van der Waals surface area contributed by atoms with Gasteiger partial charge in [0.05, 0.1) is 4.47 Å². The van der Waals surface area contributed by atoms with Crippen molar-refractivity contribution in [2.75, 3.05) is 5.32 Å². The molecule has 2 aromatic carbocycles. The van der Waals surface area contributed by atoms with Crippen molar-refractivity contribution in [3.05, 3.63) is 58.1 Å². The highest BCUT2D eigenvalue weighted by Gasteiger charge is 2.05. The SMILES string of the molecule is CC(C)c1ccccc1NCc1ccc(O)c(Br)c1. The highest BCUT2D eigenvalue weighted by molar-refractivity contribution is 9.10. The number of para-hydroxylation sites is 1. The fraction of sp³-hybridized carbons (Fsp3) is 0.250. The minimum atomic E-state index is 0.270. The van der Waals surface area contributed by atoms with Gasteiger partial charge in [0.2, 0.25) is 0 Å². The van der Waals surface area contributed by atoms with Gasteiger partial charge in [-0.3, -0.25) is 0 Å². The Balaban J connectivity index is 2.12. The third kappa shape index (κ3) is 3.51. The zero-order chi connectivity index (χ0) is 13.8. The van der Waals surface area contributed by atoms with Crippen LogP contribution in [0.15, 0.2) is 46.9 Å². The van der Waals surface area contributed by atoms with Crippen molar-refractivity contribution in [1.82, 2.24) is 0 Å². The quantitative estimate of drug-likeness (QED) is 0.840. The lowest BCUT2D eigenvalue weighted by atomic mass is 10.0. The summed E-state index contributed by atoms with van der Waals surface area (Å²) in [5.41, 5.74) is 3.62. The van der Waals surface area contributed by atoms with E-state index in [1.165, 1.54) is 11.3 Å². The summed E-state index contributed by atoms with van der Waals surface area (Å²) in [6, 6.07) is 13.9. The molecule has 0 heterocycles. The Labute approximate surface area is 122 Å². The normalized spacial score (nSPS) is 10.7. The third-order valence-electron chi connectivity index (χ3n) is 3.08. The molecule has 0 atom stereocenters. The molecule has 3 heteroatoms. The van der Waals surface area contributed by atoms with Gasteiger partial charge in [-0.2, -0.15) is 0 Å². The molecule has 2 nitrogen and oxygen atoms in total. The van der Waals surface area contributed by atoms with Gasteiger partial charge >= 0.3 is 0 Å². The lowest BCUT2D eigenvalue weighted by molar-refractivity contribution is 0.471. The molecule has 0 aliphatic rings. The van der Waals surface area contributed by atoms with Crippen molar-refractivity contribution >= 4 is 21.6 Å². The Morgan fingerprint density at radius 1 is 1.16 bits per heavy atom. The van der Waals surface area contributed by atoms with E-state index in [1.807, 2.05) is 18.2 Å². The number of aromatic hydroxyl groups is 1. The maximum Gasteiger partial charge on any atom is 0.129 e. The van der Waals surface area contributed by atoms with E-state index in [-0.39, 0.29) is 5.75 Å². The van der Waals surface area contributed by atoms with Crippen LogP contribution in [-0.4, -0.2) is 5.11 Å². The van der Waals surface area contributed by atoms with Gasteiger partial charge in [-0.05, 0) is 51.2 Å². The average Bonchev–Trinajstić information content (AvgIpc) is 2.40. The number of phenolic OH excluding ortho intramolecular Hbond substituents is 1. The molecular formula is C16H18BrNO. The molecule has 0 aliphatic carbocycles. The summed E-state index contributed by atoms with van der Waals surface area (Å²) < 4.78 is 0.726. The van der Waals surface area contributed by atoms with Gasteiger partial charge in [-0.1, -0.05) is 38.1 Å². The van der Waals surface area contributed by atoms with E-state index in [9.17, 15) is 5.11 Å². The van der Waals surface area contributed by atoms with Crippen LogP contribution in [-0.2, 0) is 6.54 Å². The largest absolute Gasteiger partial charge is 0.507 e. The first-order valence-electron chi connectivity index (χ1n) is 6.38. The van der Waals surface area contributed by atoms with E-state index in [2.05, 4.69) is 53.3 Å². The van der Waals surface area contributed by atoms with E-state index in [0.717, 1.165) is 16.6 Å². The Hall–Kier alpha value is -1.48. The molecule has 100 valence electrons. The predicted octanol–water partition coefficient (Wildman–Crippen LogP) is 4.89. The summed E-state index contributed by atoms with van der Waals surface area (Å²) in [6.45, 7) is 5.12. The van der Waals surface area contributed by atoms with Crippen LogP contribution in [0.25, 0.3) is 0 Å². The zero-order valence-corrected chi connectivity index (χ0v) is 12.7. The van der Waals surface area contributed by atoms with Crippen LogP contribution in [0.5, 0.6) is 5.75 Å². The molecule has 0 saturated heterocycles. The summed E-state index contributed by atoms with van der Waals surface area (Å²) in [5, 5.41) is 12.9. The molecule has 0 unspecified atom stereocenters. The first kappa shape index (κ1) is 13.9. The number of hydrogen-bond donors (Lipinski definition) is 2. The van der Waals surface area contributed by atoms with Gasteiger partial charge in [0, 0.05) is 12.2 Å². The number of phenols is 1. The minimum Gasteiger partial charge on any atom is -0.507 e. The maximum absolute atomic E-state index is 9.48. The molecule has 2 aromatic rings. The molecule has 2 rings (SSSR count). The summed E-state index contributed by atoms with van der Waals surface area (Å²) in [7, 11) is 0. The number of anilines is 1. The van der Waals surface area contributed by atoms with Crippen molar-refractivity contribution in [1.29, 1.82) is 0 Å². The average molecular weight is 320 g/mol. The zero-order valence-electron chi connectivity index (χ0n) is 11.2. The predicted molar refractivity (Wildman–Crippen MR) is 83.7 cm³/mol. The minimum absolute atomic E-state index is 0.270. The van der Waals surface area contributed by atoms with Crippen molar-refractivity contribution in [2.24, 2.45) is 0 Å². The second kappa shape index (κ2) is 6.11. The second-order valence-corrected chi connectivity index (χ2v) is 5.74. The molecule has 0 fully saturated rings. The smallest absolute Gasteiger partial charge is 0.129 e. The van der Waals surface area contributed by atoms with Crippen LogP contribution in [0.4, 0.5) is 5.69 Å². The topological polar surface area (TPSA) is 32.3 Å². The number of hydrogen-bond acceptors (Lipinski definition) is 2. The molecule has 19 heavy (non-hydrogen) atoms. The van der Waals surface area contributed by atoms with Gasteiger partial charge in [0.1, 0.15) is 5.75 Å². The molecule has 0 saturated carbocycles. The van der Waals surface area contributed by atoms with Crippen LogP contribution in [0, 0.1) is 0 Å². The van der Waals surface area contributed by atoms with Crippen molar-refractivity contribution in [2.45, 2.75) is 26.3 Å². The molecule has 0 aliphatic heterocycles. The summed E-state index contributed by atoms with van der Waals surface area (Å²) in [5.74, 6) is 0.765. The van der Waals surface area contributed by atoms with E-state index in [4.69, 9.17) is 0 Å². The fourth-order valence-corrected chi connectivity index (χ4v) is 2.45. The number of benzene rings is 2. The van der Waals surface area contributed by atoms with Gasteiger partial charge in [-0.25, -0.2) is 0 Å². The molecular weight excluding hydrogens is 302 g/mol. The van der Waals surface area contributed by atoms with E-state index < -0.39 is 0 Å². The van der Waals surface area contributed by atoms with Gasteiger partial charge in [-0.15, -0.1) is 0 Å². The van der Waals surface area contributed by atoms with Gasteiger partial charge < -0.3 is 10.4 Å². The lowest BCUT2D eigenvalue weighted by Gasteiger charge is -2.14. The first-order valence-corrected chi connectivity index (χ1v) is 7.17. The standard InChI is InChI=1S/C16H18BrNO/c1-11(2)13-5-3-4-6-15(13)18-10-12-7-8-16(19)14(17)9-12/h3-9,11,18-19H,10H2,1-2H3. The fourth-order valence-electron chi connectivity index (χ4n) is 2.02. The Morgan fingerprint density at radius 3 is 2.58 bits per heavy atom. The molecule has 0 bridgehead atoms. The van der Waals surface area contributed by atoms with Crippen LogP contribution in [0.2, 0.25) is 0 Å². The van der Waals surface area contributed by atoms with E-state index in [0.29, 0.717) is 5.92 Å². The maximum atomic E-state index is 9.48. The Kier molecular flexibility index (Phi) is 4.48. The first-order chi connectivity index (χ1) is 9.08. The number of halogens is 1. The monoisotopic (exact) mass is 319 g/mol. The Bertz CT molecular complexity index is 566. The molecule has 0 aromatic heterocycles. The van der Waals surface area contributed by atoms with Crippen LogP contribution in [0.3, 0.4) is 0 Å². The Morgan fingerprint density at radius 2 is 1.89 bits per heavy atom. The third-order valence-corrected chi connectivity index (χ3v) is 3.71. The molecule has 2 N–H and O–H groups in total. The highest BCUT2D eigenvalue weighted by atomic mass is 79.9. The van der Waals surface area contributed by atoms with Crippen molar-refractivity contribution < 1.29 is 5.11 Å². The van der Waals surface area contributed by atoms with E-state index in [1.54, 1.807) is 6.07 Å². The van der Waals surface area contributed by atoms with Crippen LogP contribution < -0.4 is 5.32 Å². The van der Waals surface area contributed by atoms with Crippen LogP contribution in [0.1, 0.15) is 30.9 Å². The summed E-state index contributed by atoms with van der Waals surface area (Å²) in [6.07, 6.45) is 0. The molecule has 0 spiro atoms. The van der Waals surface area contributed by atoms with Gasteiger partial charge in [0.15, 0.2) is 0 Å². The van der Waals surface area contributed by atoms with Gasteiger partial charge in [0.25, 0.3) is 0 Å². The number of nitrogens with one attached hydrogen (secondary N) is 1. The molecule has 0 amide bonds. The number of rotatable bonds is 4. The summed E-state index contributed by atoms with van der Waals surface area (Å²) >= 11 is 3.33. The van der Waals surface area contributed by atoms with E-state index >= 15 is 0 Å². The highest BCUT2D eigenvalue weighted by Crippen LogP contribution is 2.26. The molecule has 0 radical (unpaired) electrons. The lowest BCUT2D eigenvalue weighted by Crippen LogP contribution is -2.03. The second-order valence-electron chi connectivity index (χ2n) is 4.88.